The number of rotatable bonds is 67. The molecule has 0 spiro atoms. The molecule has 0 saturated heterocycles. The Morgan fingerprint density at radius 2 is 0.607 bits per heavy atom. The van der Waals surface area contributed by atoms with E-state index in [4.69, 9.17) is 37.0 Å². The first-order valence-corrected chi connectivity index (χ1v) is 38.8. The van der Waals surface area contributed by atoms with Crippen LogP contribution in [0.2, 0.25) is 0 Å². The number of ether oxygens (including phenoxy) is 4. The Hall–Kier alpha value is -2.46. The molecule has 0 aliphatic rings. The first-order valence-electron chi connectivity index (χ1n) is 35.8. The van der Waals surface area contributed by atoms with Gasteiger partial charge in [0.25, 0.3) is 0 Å². The average molecular weight is 1310 g/mol. The molecule has 5 atom stereocenters. The zero-order valence-electron chi connectivity index (χ0n) is 57.2. The number of hydrogen-bond acceptors (Lipinski definition) is 15. The number of hydrogen-bond donors (Lipinski definition) is 3. The molecule has 2 unspecified atom stereocenters. The molecule has 0 amide bonds. The van der Waals surface area contributed by atoms with Crippen molar-refractivity contribution in [3.05, 3.63) is 24.3 Å². The predicted octanol–water partition coefficient (Wildman–Crippen LogP) is 19.5. The lowest BCUT2D eigenvalue weighted by Crippen LogP contribution is -2.30. The molecule has 0 rings (SSSR count). The zero-order chi connectivity index (χ0) is 65.7. The van der Waals surface area contributed by atoms with Gasteiger partial charge < -0.3 is 33.8 Å². The highest BCUT2D eigenvalue weighted by Gasteiger charge is 2.30. The first kappa shape index (κ1) is 86.5. The number of phosphoric acid groups is 2. The van der Waals surface area contributed by atoms with Gasteiger partial charge in [-0.2, -0.15) is 0 Å². The third-order valence-electron chi connectivity index (χ3n) is 15.6. The Morgan fingerprint density at radius 1 is 0.348 bits per heavy atom. The minimum Gasteiger partial charge on any atom is -0.462 e. The molecular weight excluding hydrogens is 1170 g/mol. The van der Waals surface area contributed by atoms with Crippen LogP contribution in [0, 0.1) is 11.8 Å². The first-order chi connectivity index (χ1) is 42.9. The van der Waals surface area contributed by atoms with Crippen molar-refractivity contribution in [3.63, 3.8) is 0 Å². The van der Waals surface area contributed by atoms with E-state index in [2.05, 4.69) is 65.8 Å². The number of allylic oxidation sites excluding steroid dienone is 4. The molecule has 0 aliphatic carbocycles. The summed E-state index contributed by atoms with van der Waals surface area (Å²) in [6, 6.07) is 0. The van der Waals surface area contributed by atoms with E-state index < -0.39 is 97.5 Å². The molecule has 0 aromatic carbocycles. The van der Waals surface area contributed by atoms with E-state index in [1.54, 1.807) is 0 Å². The maximum atomic E-state index is 13.0. The lowest BCUT2D eigenvalue weighted by atomic mass is 10.0. The Kier molecular flexibility index (Phi) is 60.0. The van der Waals surface area contributed by atoms with Gasteiger partial charge in [-0.05, 0) is 63.2 Å². The van der Waals surface area contributed by atoms with Crippen molar-refractivity contribution in [2.75, 3.05) is 39.6 Å². The van der Waals surface area contributed by atoms with Crippen molar-refractivity contribution in [2.45, 2.75) is 349 Å². The summed E-state index contributed by atoms with van der Waals surface area (Å²) in [6.45, 7) is 9.43. The normalized spacial score (nSPS) is 14.3. The van der Waals surface area contributed by atoms with Crippen molar-refractivity contribution in [1.82, 2.24) is 0 Å². The number of phosphoric ester groups is 2. The van der Waals surface area contributed by atoms with Crippen LogP contribution in [0.3, 0.4) is 0 Å². The predicted molar refractivity (Wildman–Crippen MR) is 358 cm³/mol. The summed E-state index contributed by atoms with van der Waals surface area (Å²) >= 11 is 0. The molecule has 0 heterocycles. The summed E-state index contributed by atoms with van der Waals surface area (Å²) in [5.41, 5.74) is 0. The van der Waals surface area contributed by atoms with E-state index in [0.717, 1.165) is 121 Å². The van der Waals surface area contributed by atoms with Gasteiger partial charge >= 0.3 is 39.5 Å². The van der Waals surface area contributed by atoms with Crippen LogP contribution >= 0.6 is 15.6 Å². The number of carbonyl (C=O) groups is 4. The van der Waals surface area contributed by atoms with Crippen LogP contribution in [0.5, 0.6) is 0 Å². The molecule has 0 aromatic heterocycles. The highest BCUT2D eigenvalue weighted by molar-refractivity contribution is 7.47. The summed E-state index contributed by atoms with van der Waals surface area (Å²) in [6.07, 6.45) is 49.4. The Morgan fingerprint density at radius 3 is 0.921 bits per heavy atom. The summed E-state index contributed by atoms with van der Waals surface area (Å²) in [4.78, 5) is 72.4. The SMILES string of the molecule is CCCCCC/C=C\C=C/CCCCCCCC(=O)O[C@H](COC(=O)CCCCCCCCCCCCCC(C)C)COP(=O)(O)OC[C@@H](O)COP(=O)(O)OC[C@@H](COC(=O)CCCCCCCCCC)OC(=O)CCCCCCCCCCCC(C)C. The fourth-order valence-corrected chi connectivity index (χ4v) is 11.6. The van der Waals surface area contributed by atoms with Crippen LogP contribution in [0.4, 0.5) is 0 Å². The number of carbonyl (C=O) groups excluding carboxylic acids is 4. The minimum atomic E-state index is -4.96. The van der Waals surface area contributed by atoms with E-state index in [1.165, 1.54) is 128 Å². The molecule has 0 saturated carbocycles. The zero-order valence-corrected chi connectivity index (χ0v) is 59.0. The molecular formula is C70H132O17P2. The van der Waals surface area contributed by atoms with Gasteiger partial charge in [-0.3, -0.25) is 37.3 Å². The standard InChI is InChI=1S/C70H132O17P2/c1-7-9-11-13-15-17-18-19-20-21-24-30-36-42-48-54-69(74)86-66(59-81-68(73)53-47-41-35-29-25-22-23-27-32-38-44-50-62(3)4)61-85-89(78,79)83-57-64(71)56-82-88(76,77)84-60-65(58-80-67(72)52-46-40-34-16-14-12-10-8-2)87-70(75)55-49-43-37-31-26-28-33-39-45-51-63(5)6/h17-20,62-66,71H,7-16,21-61H2,1-6H3,(H,76,77)(H,78,79)/b18-17-,20-19-/t64-,65+,66+/m0/s1. The summed E-state index contributed by atoms with van der Waals surface area (Å²) in [5.74, 6) is -0.654. The Labute approximate surface area is 542 Å². The van der Waals surface area contributed by atoms with Crippen molar-refractivity contribution < 1.29 is 80.2 Å². The molecule has 0 aromatic rings. The van der Waals surface area contributed by atoms with Crippen molar-refractivity contribution in [1.29, 1.82) is 0 Å². The van der Waals surface area contributed by atoms with E-state index in [0.29, 0.717) is 25.7 Å². The lowest BCUT2D eigenvalue weighted by Gasteiger charge is -2.21. The maximum Gasteiger partial charge on any atom is 0.472 e. The van der Waals surface area contributed by atoms with Gasteiger partial charge in [-0.15, -0.1) is 0 Å². The fourth-order valence-electron chi connectivity index (χ4n) is 10.1. The highest BCUT2D eigenvalue weighted by atomic mass is 31.2. The third-order valence-corrected chi connectivity index (χ3v) is 17.5. The maximum absolute atomic E-state index is 13.0. The molecule has 0 fully saturated rings. The van der Waals surface area contributed by atoms with Crippen molar-refractivity contribution in [2.24, 2.45) is 11.8 Å². The molecule has 17 nitrogen and oxygen atoms in total. The monoisotopic (exact) mass is 1310 g/mol. The summed E-state index contributed by atoms with van der Waals surface area (Å²) in [7, 11) is -9.91. The average Bonchev–Trinajstić information content (AvgIpc) is 3.56. The van der Waals surface area contributed by atoms with Gasteiger partial charge in [0.15, 0.2) is 12.2 Å². The summed E-state index contributed by atoms with van der Waals surface area (Å²) in [5, 5.41) is 10.6. The lowest BCUT2D eigenvalue weighted by molar-refractivity contribution is -0.161. The van der Waals surface area contributed by atoms with Crippen LogP contribution in [-0.2, 0) is 65.4 Å². The number of unbranched alkanes of at least 4 members (excludes halogenated alkanes) is 34. The third kappa shape index (κ3) is 64.1. The van der Waals surface area contributed by atoms with Gasteiger partial charge in [-0.25, -0.2) is 9.13 Å². The molecule has 524 valence electrons. The molecule has 0 aliphatic heterocycles. The smallest absolute Gasteiger partial charge is 0.462 e. The van der Waals surface area contributed by atoms with Crippen LogP contribution in [0.1, 0.15) is 330 Å². The topological polar surface area (TPSA) is 237 Å². The molecule has 19 heteroatoms. The minimum absolute atomic E-state index is 0.0847. The van der Waals surface area contributed by atoms with Crippen LogP contribution in [0.15, 0.2) is 24.3 Å². The van der Waals surface area contributed by atoms with Crippen LogP contribution in [0.25, 0.3) is 0 Å². The largest absolute Gasteiger partial charge is 0.472 e. The van der Waals surface area contributed by atoms with Gasteiger partial charge in [0.1, 0.15) is 19.3 Å². The van der Waals surface area contributed by atoms with Gasteiger partial charge in [0.05, 0.1) is 26.4 Å². The van der Waals surface area contributed by atoms with Crippen LogP contribution < -0.4 is 0 Å². The second-order valence-electron chi connectivity index (χ2n) is 25.5. The fraction of sp³-hybridized carbons (Fsp3) is 0.886. The van der Waals surface area contributed by atoms with Gasteiger partial charge in [0.2, 0.25) is 0 Å². The van der Waals surface area contributed by atoms with Crippen molar-refractivity contribution >= 4 is 39.5 Å². The summed E-state index contributed by atoms with van der Waals surface area (Å²) < 4.78 is 68.2. The van der Waals surface area contributed by atoms with E-state index in [-0.39, 0.29) is 25.7 Å². The van der Waals surface area contributed by atoms with Gasteiger partial charge in [0, 0.05) is 25.7 Å². The quantitative estimate of drug-likeness (QED) is 0.0169. The van der Waals surface area contributed by atoms with Gasteiger partial charge in [-0.1, -0.05) is 278 Å². The molecule has 89 heavy (non-hydrogen) atoms. The Balaban J connectivity index is 5.27. The number of aliphatic hydroxyl groups is 1. The highest BCUT2D eigenvalue weighted by Crippen LogP contribution is 2.45. The van der Waals surface area contributed by atoms with Crippen LogP contribution in [-0.4, -0.2) is 96.7 Å². The second kappa shape index (κ2) is 61.7. The molecule has 0 radical (unpaired) electrons. The van der Waals surface area contributed by atoms with E-state index in [1.807, 2.05) is 0 Å². The molecule has 0 bridgehead atoms. The Bertz CT molecular complexity index is 1830. The second-order valence-corrected chi connectivity index (χ2v) is 28.4. The van der Waals surface area contributed by atoms with E-state index in [9.17, 15) is 43.2 Å². The molecule has 3 N–H and O–H groups in total. The van der Waals surface area contributed by atoms with Crippen molar-refractivity contribution in [3.8, 4) is 0 Å². The number of aliphatic hydroxyl groups excluding tert-OH is 1. The number of esters is 4. The van der Waals surface area contributed by atoms with E-state index >= 15 is 0 Å².